The van der Waals surface area contributed by atoms with Crippen molar-refractivity contribution in [1.29, 1.82) is 0 Å². The molecule has 1 aliphatic heterocycles. The zero-order chi connectivity index (χ0) is 14.4. The van der Waals surface area contributed by atoms with Crippen LogP contribution in [-0.2, 0) is 16.0 Å². The summed E-state index contributed by atoms with van der Waals surface area (Å²) in [6.45, 7) is 7.51. The van der Waals surface area contributed by atoms with Gasteiger partial charge in [-0.15, -0.1) is 6.58 Å². The minimum Gasteiger partial charge on any atom is -0.451 e. The van der Waals surface area contributed by atoms with E-state index in [0.717, 1.165) is 24.1 Å². The molecule has 0 saturated heterocycles. The normalized spacial score (nSPS) is 31.7. The summed E-state index contributed by atoms with van der Waals surface area (Å²) in [6.07, 6.45) is 3.92. The van der Waals surface area contributed by atoms with Gasteiger partial charge >= 0.3 is 5.97 Å². The van der Waals surface area contributed by atoms with Gasteiger partial charge in [0.2, 0.25) is 0 Å². The van der Waals surface area contributed by atoms with Gasteiger partial charge in [-0.2, -0.15) is 0 Å². The number of ether oxygens (including phenoxy) is 1. The van der Waals surface area contributed by atoms with Gasteiger partial charge in [0.05, 0.1) is 5.71 Å². The monoisotopic (exact) mass is 269 g/mol. The van der Waals surface area contributed by atoms with E-state index in [0.29, 0.717) is 6.42 Å². The van der Waals surface area contributed by atoms with E-state index >= 15 is 0 Å². The summed E-state index contributed by atoms with van der Waals surface area (Å²) in [7, 11) is 0. The highest BCUT2D eigenvalue weighted by Gasteiger charge is 2.49. The highest BCUT2D eigenvalue weighted by atomic mass is 16.6. The second-order valence-corrected chi connectivity index (χ2v) is 6.00. The Labute approximate surface area is 119 Å². The number of hydrogen-bond acceptors (Lipinski definition) is 3. The van der Waals surface area contributed by atoms with Gasteiger partial charge in [0.25, 0.3) is 0 Å². The first-order valence-electron chi connectivity index (χ1n) is 7.01. The van der Waals surface area contributed by atoms with Crippen LogP contribution in [0.1, 0.15) is 37.8 Å². The van der Waals surface area contributed by atoms with Gasteiger partial charge in [-0.05, 0) is 32.3 Å². The molecule has 0 aromatic heterocycles. The Bertz CT molecular complexity index is 619. The maximum absolute atomic E-state index is 12.3. The number of aliphatic imine (C=N–C) groups is 1. The number of benzene rings is 1. The third kappa shape index (κ3) is 1.80. The zero-order valence-electron chi connectivity index (χ0n) is 12.0. The van der Waals surface area contributed by atoms with Crippen LogP contribution in [0.4, 0.5) is 0 Å². The molecule has 0 amide bonds. The fraction of sp³-hybridized carbons (Fsp3) is 0.412. The number of carbonyl (C=O) groups is 1. The quantitative estimate of drug-likeness (QED) is 0.611. The number of aryl methyl sites for hydroxylation is 1. The molecule has 0 unspecified atom stereocenters. The van der Waals surface area contributed by atoms with E-state index in [2.05, 4.69) is 18.7 Å². The lowest BCUT2D eigenvalue weighted by Crippen LogP contribution is -2.54. The third-order valence-electron chi connectivity index (χ3n) is 4.30. The molecule has 3 nitrogen and oxygen atoms in total. The maximum Gasteiger partial charge on any atom is 0.334 e. The smallest absolute Gasteiger partial charge is 0.334 e. The first-order chi connectivity index (χ1) is 9.48. The minimum absolute atomic E-state index is 0.247. The fourth-order valence-corrected chi connectivity index (χ4v) is 3.04. The number of rotatable bonds is 2. The average molecular weight is 269 g/mol. The van der Waals surface area contributed by atoms with E-state index in [1.54, 1.807) is 6.08 Å². The molecule has 0 bridgehead atoms. The summed E-state index contributed by atoms with van der Waals surface area (Å²) < 4.78 is 5.79. The highest BCUT2D eigenvalue weighted by Crippen LogP contribution is 2.38. The Morgan fingerprint density at radius 1 is 1.40 bits per heavy atom. The van der Waals surface area contributed by atoms with Gasteiger partial charge in [-0.1, -0.05) is 30.3 Å². The number of esters is 1. The molecule has 0 fully saturated rings. The van der Waals surface area contributed by atoms with Crippen molar-refractivity contribution in [1.82, 2.24) is 0 Å². The minimum atomic E-state index is -0.846. The van der Waals surface area contributed by atoms with Crippen LogP contribution in [0.3, 0.4) is 0 Å². The van der Waals surface area contributed by atoms with Crippen LogP contribution in [0.25, 0.3) is 0 Å². The predicted molar refractivity (Wildman–Crippen MR) is 79.0 cm³/mol. The summed E-state index contributed by atoms with van der Waals surface area (Å²) in [6, 6.07) is 8.24. The predicted octanol–water partition coefficient (Wildman–Crippen LogP) is 3.07. The fourth-order valence-electron chi connectivity index (χ4n) is 3.04. The van der Waals surface area contributed by atoms with E-state index in [1.807, 2.05) is 26.0 Å². The molecule has 0 N–H and O–H groups in total. The summed E-state index contributed by atoms with van der Waals surface area (Å²) >= 11 is 0. The number of carbonyl (C=O) groups excluding carboxylic acids is 1. The largest absolute Gasteiger partial charge is 0.451 e. The Morgan fingerprint density at radius 3 is 2.90 bits per heavy atom. The van der Waals surface area contributed by atoms with Crippen molar-refractivity contribution in [3.8, 4) is 0 Å². The van der Waals surface area contributed by atoms with Crippen molar-refractivity contribution in [3.63, 3.8) is 0 Å². The lowest BCUT2D eigenvalue weighted by Gasteiger charge is -2.43. The summed E-state index contributed by atoms with van der Waals surface area (Å²) in [4.78, 5) is 17.1. The van der Waals surface area contributed by atoms with Gasteiger partial charge in [0.1, 0.15) is 0 Å². The molecule has 2 aliphatic rings. The van der Waals surface area contributed by atoms with Crippen LogP contribution in [0.15, 0.2) is 41.9 Å². The maximum atomic E-state index is 12.3. The number of hydrogen-bond donors (Lipinski definition) is 0. The molecule has 0 radical (unpaired) electrons. The topological polar surface area (TPSA) is 38.7 Å². The first-order valence-corrected chi connectivity index (χ1v) is 7.01. The van der Waals surface area contributed by atoms with E-state index < -0.39 is 11.1 Å². The van der Waals surface area contributed by atoms with E-state index in [4.69, 9.17) is 9.73 Å². The first kappa shape index (κ1) is 13.1. The van der Waals surface area contributed by atoms with Crippen LogP contribution >= 0.6 is 0 Å². The van der Waals surface area contributed by atoms with Gasteiger partial charge in [-0.3, -0.25) is 4.99 Å². The van der Waals surface area contributed by atoms with E-state index in [9.17, 15) is 4.79 Å². The molecule has 104 valence electrons. The third-order valence-corrected chi connectivity index (χ3v) is 4.30. The van der Waals surface area contributed by atoms with Gasteiger partial charge < -0.3 is 4.74 Å². The van der Waals surface area contributed by atoms with E-state index in [-0.39, 0.29) is 5.97 Å². The van der Waals surface area contributed by atoms with Crippen molar-refractivity contribution < 1.29 is 9.53 Å². The Kier molecular flexibility index (Phi) is 2.82. The summed E-state index contributed by atoms with van der Waals surface area (Å²) in [5.74, 6) is -0.247. The summed E-state index contributed by atoms with van der Waals surface area (Å²) in [5.41, 5.74) is 1.86. The average Bonchev–Trinajstić information content (AvgIpc) is 2.42. The molecule has 1 heterocycles. The number of nitrogens with zero attached hydrogens (tertiary/aromatic N) is 1. The van der Waals surface area contributed by atoms with E-state index in [1.165, 1.54) is 5.56 Å². The Hall–Kier alpha value is -1.90. The van der Waals surface area contributed by atoms with Crippen molar-refractivity contribution in [2.75, 3.05) is 0 Å². The van der Waals surface area contributed by atoms with Crippen molar-refractivity contribution in [2.45, 2.75) is 44.2 Å². The molecule has 0 saturated carbocycles. The molecule has 3 rings (SSSR count). The molecule has 0 spiro atoms. The SMILES string of the molecule is C=CC[C@@]1(C)N=C2c3ccccc3CC[C@@]2(C)OC1=O. The highest BCUT2D eigenvalue weighted by molar-refractivity contribution is 6.12. The lowest BCUT2D eigenvalue weighted by molar-refractivity contribution is -0.160. The van der Waals surface area contributed by atoms with Crippen LogP contribution in [0.5, 0.6) is 0 Å². The standard InChI is InChI=1S/C17H19NO2/c1-4-10-16(2)15(19)20-17(3)11-9-12-7-5-6-8-13(12)14(17)18-16/h4-8H,1,9-11H2,2-3H3/t16-,17-/m1/s1. The molecular formula is C17H19NO2. The molecule has 3 heteroatoms. The second-order valence-electron chi connectivity index (χ2n) is 6.00. The van der Waals surface area contributed by atoms with Crippen molar-refractivity contribution >= 4 is 11.7 Å². The van der Waals surface area contributed by atoms with Crippen molar-refractivity contribution in [3.05, 3.63) is 48.0 Å². The Morgan fingerprint density at radius 2 is 2.15 bits per heavy atom. The van der Waals surface area contributed by atoms with Crippen LogP contribution in [-0.4, -0.2) is 22.8 Å². The molecule has 1 aromatic rings. The number of fused-ring (bicyclic) bond motifs is 3. The molecule has 1 aliphatic carbocycles. The van der Waals surface area contributed by atoms with Crippen LogP contribution in [0.2, 0.25) is 0 Å². The van der Waals surface area contributed by atoms with Crippen molar-refractivity contribution in [2.24, 2.45) is 4.99 Å². The molecule has 20 heavy (non-hydrogen) atoms. The molecule has 2 atom stereocenters. The second kappa shape index (κ2) is 4.30. The van der Waals surface area contributed by atoms with Crippen LogP contribution < -0.4 is 0 Å². The molecular weight excluding hydrogens is 250 g/mol. The lowest BCUT2D eigenvalue weighted by atomic mass is 9.77. The van der Waals surface area contributed by atoms with Gasteiger partial charge in [0.15, 0.2) is 11.1 Å². The van der Waals surface area contributed by atoms with Gasteiger partial charge in [-0.25, -0.2) is 4.79 Å². The van der Waals surface area contributed by atoms with Crippen LogP contribution in [0, 0.1) is 0 Å². The molecule has 1 aromatic carbocycles. The Balaban J connectivity index is 2.18. The summed E-state index contributed by atoms with van der Waals surface area (Å²) in [5, 5.41) is 0. The van der Waals surface area contributed by atoms with Gasteiger partial charge in [0, 0.05) is 12.0 Å². The zero-order valence-corrected chi connectivity index (χ0v) is 12.0.